The highest BCUT2D eigenvalue weighted by molar-refractivity contribution is 8.00. The first-order valence-electron chi connectivity index (χ1n) is 8.42. The average molecular weight is 396 g/mol. The Bertz CT molecular complexity index is 1060. The first-order chi connectivity index (χ1) is 13.2. The van der Waals surface area contributed by atoms with E-state index in [1.165, 1.54) is 17.3 Å². The number of hydrogen-bond donors (Lipinski definition) is 1. The van der Waals surface area contributed by atoms with E-state index in [1.54, 1.807) is 30.0 Å². The Kier molecular flexibility index (Phi) is 5.22. The van der Waals surface area contributed by atoms with Gasteiger partial charge in [-0.25, -0.2) is 9.97 Å². The normalized spacial score (nSPS) is 11.0. The van der Waals surface area contributed by atoms with Crippen LogP contribution >= 0.6 is 23.1 Å². The number of nitrogens with one attached hydrogen (secondary N) is 1. The molecule has 3 heterocycles. The van der Waals surface area contributed by atoms with Crippen molar-refractivity contribution < 1.29 is 9.21 Å². The van der Waals surface area contributed by atoms with E-state index < -0.39 is 0 Å². The van der Waals surface area contributed by atoms with Gasteiger partial charge in [0, 0.05) is 10.9 Å². The number of aryl methyl sites for hydroxylation is 1. The van der Waals surface area contributed by atoms with Crippen molar-refractivity contribution in [1.82, 2.24) is 15.3 Å². The maximum Gasteiger partial charge on any atom is 0.230 e. The van der Waals surface area contributed by atoms with Crippen molar-refractivity contribution in [2.45, 2.75) is 18.5 Å². The molecule has 1 aromatic carbocycles. The summed E-state index contributed by atoms with van der Waals surface area (Å²) in [4.78, 5) is 21.9. The number of hydrogen-bond acceptors (Lipinski definition) is 6. The summed E-state index contributed by atoms with van der Waals surface area (Å²) in [6, 6.07) is 12.0. The number of nitrogens with zero attached hydrogens (tertiary/aromatic N) is 2. The molecule has 0 aliphatic rings. The van der Waals surface area contributed by atoms with Gasteiger partial charge in [0.1, 0.15) is 21.9 Å². The minimum atomic E-state index is -0.0599. The van der Waals surface area contributed by atoms with Gasteiger partial charge in [0.05, 0.1) is 23.9 Å². The Labute approximate surface area is 164 Å². The molecule has 0 aliphatic carbocycles. The molecule has 136 valence electrons. The standard InChI is InChI=1S/C20H17N3O2S2/c1-13-4-6-14(7-5-13)16-10-26-19-18(16)20(23-12-22-19)27-11-17(24)21-9-15-3-2-8-25-15/h2-8,10,12H,9,11H2,1H3,(H,21,24). The predicted molar refractivity (Wildman–Crippen MR) is 109 cm³/mol. The molecule has 4 aromatic rings. The van der Waals surface area contributed by atoms with E-state index >= 15 is 0 Å². The van der Waals surface area contributed by atoms with Crippen molar-refractivity contribution in [2.75, 3.05) is 5.75 Å². The van der Waals surface area contributed by atoms with Gasteiger partial charge in [-0.05, 0) is 24.6 Å². The molecule has 7 heteroatoms. The van der Waals surface area contributed by atoms with Gasteiger partial charge in [0.2, 0.25) is 5.91 Å². The largest absolute Gasteiger partial charge is 0.467 e. The third kappa shape index (κ3) is 4.04. The van der Waals surface area contributed by atoms with Crippen molar-refractivity contribution >= 4 is 39.2 Å². The van der Waals surface area contributed by atoms with Gasteiger partial charge in [0.25, 0.3) is 0 Å². The molecule has 0 saturated heterocycles. The topological polar surface area (TPSA) is 68.0 Å². The van der Waals surface area contributed by atoms with E-state index in [1.807, 2.05) is 6.07 Å². The number of carbonyl (C=O) groups excluding carboxylic acids is 1. The number of carbonyl (C=O) groups is 1. The van der Waals surface area contributed by atoms with Crippen LogP contribution in [0.5, 0.6) is 0 Å². The second kappa shape index (κ2) is 7.94. The number of amides is 1. The molecule has 0 radical (unpaired) electrons. The Morgan fingerprint density at radius 1 is 1.22 bits per heavy atom. The van der Waals surface area contributed by atoms with Crippen LogP contribution in [0.15, 0.2) is 63.8 Å². The lowest BCUT2D eigenvalue weighted by Gasteiger charge is -2.06. The van der Waals surface area contributed by atoms with Crippen LogP contribution in [0.1, 0.15) is 11.3 Å². The fourth-order valence-electron chi connectivity index (χ4n) is 2.69. The van der Waals surface area contributed by atoms with E-state index in [9.17, 15) is 4.79 Å². The molecule has 0 saturated carbocycles. The monoisotopic (exact) mass is 395 g/mol. The maximum absolute atomic E-state index is 12.2. The minimum Gasteiger partial charge on any atom is -0.467 e. The summed E-state index contributed by atoms with van der Waals surface area (Å²) in [5.41, 5.74) is 3.46. The number of furan rings is 1. The Morgan fingerprint density at radius 2 is 2.07 bits per heavy atom. The van der Waals surface area contributed by atoms with E-state index in [0.717, 1.165) is 32.1 Å². The number of benzene rings is 1. The zero-order chi connectivity index (χ0) is 18.6. The highest BCUT2D eigenvalue weighted by Crippen LogP contribution is 2.37. The Hall–Kier alpha value is -2.64. The van der Waals surface area contributed by atoms with Crippen LogP contribution in [-0.2, 0) is 11.3 Å². The van der Waals surface area contributed by atoms with Gasteiger partial charge < -0.3 is 9.73 Å². The van der Waals surface area contributed by atoms with Crippen molar-refractivity contribution in [1.29, 1.82) is 0 Å². The molecular formula is C20H17N3O2S2. The zero-order valence-corrected chi connectivity index (χ0v) is 16.3. The summed E-state index contributed by atoms with van der Waals surface area (Å²) in [5.74, 6) is 0.961. The molecule has 5 nitrogen and oxygen atoms in total. The van der Waals surface area contributed by atoms with Crippen LogP contribution in [0.2, 0.25) is 0 Å². The van der Waals surface area contributed by atoms with Crippen LogP contribution in [0.3, 0.4) is 0 Å². The molecule has 1 N–H and O–H groups in total. The Balaban J connectivity index is 1.52. The summed E-state index contributed by atoms with van der Waals surface area (Å²) in [6.45, 7) is 2.46. The molecule has 4 rings (SSSR count). The van der Waals surface area contributed by atoms with Gasteiger partial charge in [-0.3, -0.25) is 4.79 Å². The van der Waals surface area contributed by atoms with Gasteiger partial charge in [-0.2, -0.15) is 0 Å². The van der Waals surface area contributed by atoms with Crippen molar-refractivity contribution in [3.8, 4) is 11.1 Å². The first kappa shape index (κ1) is 17.8. The lowest BCUT2D eigenvalue weighted by molar-refractivity contribution is -0.118. The van der Waals surface area contributed by atoms with E-state index in [4.69, 9.17) is 4.42 Å². The molecular weight excluding hydrogens is 378 g/mol. The molecule has 0 atom stereocenters. The van der Waals surface area contributed by atoms with Gasteiger partial charge in [-0.15, -0.1) is 11.3 Å². The van der Waals surface area contributed by atoms with E-state index in [2.05, 4.69) is 51.9 Å². The minimum absolute atomic E-state index is 0.0599. The second-order valence-corrected chi connectivity index (χ2v) is 7.84. The molecule has 0 aliphatic heterocycles. The summed E-state index contributed by atoms with van der Waals surface area (Å²) in [5, 5.41) is 6.79. The highest BCUT2D eigenvalue weighted by Gasteiger charge is 2.14. The summed E-state index contributed by atoms with van der Waals surface area (Å²) < 4.78 is 5.23. The molecule has 3 aromatic heterocycles. The van der Waals surface area contributed by atoms with Crippen LogP contribution < -0.4 is 5.32 Å². The highest BCUT2D eigenvalue weighted by atomic mass is 32.2. The van der Waals surface area contributed by atoms with Crippen molar-refractivity contribution in [2.24, 2.45) is 0 Å². The van der Waals surface area contributed by atoms with Crippen molar-refractivity contribution in [3.63, 3.8) is 0 Å². The fraction of sp³-hybridized carbons (Fsp3) is 0.150. The van der Waals surface area contributed by atoms with Crippen LogP contribution in [-0.4, -0.2) is 21.6 Å². The van der Waals surface area contributed by atoms with Crippen molar-refractivity contribution in [3.05, 3.63) is 65.7 Å². The second-order valence-electron chi connectivity index (χ2n) is 6.02. The van der Waals surface area contributed by atoms with Crippen LogP contribution in [0.4, 0.5) is 0 Å². The lowest BCUT2D eigenvalue weighted by Crippen LogP contribution is -2.24. The fourth-order valence-corrected chi connectivity index (χ4v) is 4.51. The predicted octanol–water partition coefficient (Wildman–Crippen LogP) is 4.67. The number of thiophene rings is 1. The number of rotatable bonds is 6. The first-order valence-corrected chi connectivity index (χ1v) is 10.3. The van der Waals surface area contributed by atoms with Crippen LogP contribution in [0, 0.1) is 6.92 Å². The van der Waals surface area contributed by atoms with E-state index in [-0.39, 0.29) is 11.7 Å². The number of thioether (sulfide) groups is 1. The molecule has 1 amide bonds. The molecule has 0 spiro atoms. The number of fused-ring (bicyclic) bond motifs is 1. The zero-order valence-electron chi connectivity index (χ0n) is 14.6. The van der Waals surface area contributed by atoms with Gasteiger partial charge in [0.15, 0.2) is 0 Å². The average Bonchev–Trinajstić information content (AvgIpc) is 3.35. The summed E-state index contributed by atoms with van der Waals surface area (Å²) >= 11 is 3.02. The smallest absolute Gasteiger partial charge is 0.230 e. The third-order valence-corrected chi connectivity index (χ3v) is 5.95. The molecule has 27 heavy (non-hydrogen) atoms. The van der Waals surface area contributed by atoms with Gasteiger partial charge >= 0.3 is 0 Å². The van der Waals surface area contributed by atoms with E-state index in [0.29, 0.717) is 6.54 Å². The lowest BCUT2D eigenvalue weighted by atomic mass is 10.1. The molecule has 0 fully saturated rings. The maximum atomic E-state index is 12.2. The Morgan fingerprint density at radius 3 is 2.85 bits per heavy atom. The molecule has 0 bridgehead atoms. The SMILES string of the molecule is Cc1ccc(-c2csc3ncnc(SCC(=O)NCc4ccco4)c23)cc1. The van der Waals surface area contributed by atoms with Gasteiger partial charge in [-0.1, -0.05) is 41.6 Å². The third-order valence-electron chi connectivity index (χ3n) is 4.08. The summed E-state index contributed by atoms with van der Waals surface area (Å²) in [7, 11) is 0. The molecule has 0 unspecified atom stereocenters. The quantitative estimate of drug-likeness (QED) is 0.380. The number of aromatic nitrogens is 2. The van der Waals surface area contributed by atoms with Crippen LogP contribution in [0.25, 0.3) is 21.3 Å². The summed E-state index contributed by atoms with van der Waals surface area (Å²) in [6.07, 6.45) is 3.15.